The van der Waals surface area contributed by atoms with Gasteiger partial charge in [-0.05, 0) is 25.1 Å². The average Bonchev–Trinajstić information content (AvgIpc) is 2.30. The molecule has 3 heteroatoms. The van der Waals surface area contributed by atoms with E-state index in [1.54, 1.807) is 24.4 Å². The summed E-state index contributed by atoms with van der Waals surface area (Å²) in [5.74, 6) is 0. The molecule has 0 spiro atoms. The number of rotatable bonds is 2. The lowest BCUT2D eigenvalue weighted by Gasteiger charge is -2.03. The summed E-state index contributed by atoms with van der Waals surface area (Å²) in [6, 6.07) is 11.4. The molecular weight excluding hydrogens is 200 g/mol. The summed E-state index contributed by atoms with van der Waals surface area (Å²) in [5, 5.41) is 0. The normalized spacial score (nSPS) is 9.56. The largest absolute Gasteiger partial charge is 0.254 e. The van der Waals surface area contributed by atoms with Crippen LogP contribution in [0.15, 0.2) is 47.6 Å². The first-order valence-electron chi connectivity index (χ1n) is 4.91. The molecule has 16 heavy (non-hydrogen) atoms. The minimum atomic E-state index is 0.545. The molecule has 0 fully saturated rings. The topological polar surface area (TPSA) is 42.3 Å². The van der Waals surface area contributed by atoms with E-state index in [0.717, 1.165) is 11.1 Å². The van der Waals surface area contributed by atoms with E-state index >= 15 is 0 Å². The highest BCUT2D eigenvalue weighted by atomic mass is 16.1. The minimum Gasteiger partial charge on any atom is -0.254 e. The molecule has 0 saturated carbocycles. The van der Waals surface area contributed by atoms with Gasteiger partial charge in [0.1, 0.15) is 5.69 Å². The molecule has 3 nitrogen and oxygen atoms in total. The molecule has 0 aliphatic heterocycles. The fourth-order valence-electron chi connectivity index (χ4n) is 1.55. The first-order valence-corrected chi connectivity index (χ1v) is 4.91. The maximum absolute atomic E-state index is 10.3. The van der Waals surface area contributed by atoms with E-state index in [2.05, 4.69) is 9.98 Å². The summed E-state index contributed by atoms with van der Waals surface area (Å²) in [5.41, 5.74) is 3.34. The predicted octanol–water partition coefficient (Wildman–Crippen LogP) is 3.02. The van der Waals surface area contributed by atoms with E-state index in [4.69, 9.17) is 0 Å². The van der Waals surface area contributed by atoms with Crippen molar-refractivity contribution in [2.75, 3.05) is 0 Å². The lowest BCUT2D eigenvalue weighted by Crippen LogP contribution is -1.84. The molecule has 0 amide bonds. The Kier molecular flexibility index (Phi) is 2.90. The number of aromatic nitrogens is 1. The Balaban J connectivity index is 2.59. The Bertz CT molecular complexity index is 557. The SMILES string of the molecule is Cc1cccc(-c2ncccc2N=C=O)c1. The van der Waals surface area contributed by atoms with E-state index < -0.39 is 0 Å². The molecule has 0 unspecified atom stereocenters. The van der Waals surface area contributed by atoms with Crippen LogP contribution in [0.2, 0.25) is 0 Å². The smallest absolute Gasteiger partial charge is 0.240 e. The number of carbonyl (C=O) groups excluding carboxylic acids is 1. The van der Waals surface area contributed by atoms with E-state index in [1.165, 1.54) is 0 Å². The van der Waals surface area contributed by atoms with Gasteiger partial charge in [-0.3, -0.25) is 4.98 Å². The molecule has 0 aliphatic carbocycles. The first-order chi connectivity index (χ1) is 7.81. The predicted molar refractivity (Wildman–Crippen MR) is 62.2 cm³/mol. The molecule has 0 bridgehead atoms. The van der Waals surface area contributed by atoms with E-state index in [-0.39, 0.29) is 0 Å². The highest BCUT2D eigenvalue weighted by Crippen LogP contribution is 2.27. The van der Waals surface area contributed by atoms with Crippen molar-refractivity contribution in [2.45, 2.75) is 6.92 Å². The number of hydrogen-bond acceptors (Lipinski definition) is 3. The standard InChI is InChI=1S/C13H10N2O/c1-10-4-2-5-11(8-10)13-12(15-9-16)6-3-7-14-13/h2-8H,1H3. The molecule has 78 valence electrons. The summed E-state index contributed by atoms with van der Waals surface area (Å²) >= 11 is 0. The third-order valence-electron chi connectivity index (χ3n) is 2.24. The van der Waals surface area contributed by atoms with Crippen LogP contribution in [0.3, 0.4) is 0 Å². The number of isocyanates is 1. The molecule has 0 saturated heterocycles. The molecular formula is C13H10N2O. The van der Waals surface area contributed by atoms with Crippen LogP contribution in [0.4, 0.5) is 5.69 Å². The molecule has 0 radical (unpaired) electrons. The molecule has 1 heterocycles. The minimum absolute atomic E-state index is 0.545. The number of nitrogens with zero attached hydrogens (tertiary/aromatic N) is 2. The Morgan fingerprint density at radius 1 is 1.25 bits per heavy atom. The van der Waals surface area contributed by atoms with E-state index in [0.29, 0.717) is 11.4 Å². The quantitative estimate of drug-likeness (QED) is 0.564. The highest BCUT2D eigenvalue weighted by molar-refractivity contribution is 5.73. The summed E-state index contributed by atoms with van der Waals surface area (Å²) in [6.07, 6.45) is 3.23. The maximum Gasteiger partial charge on any atom is 0.240 e. The van der Waals surface area contributed by atoms with E-state index in [1.807, 2.05) is 31.2 Å². The third kappa shape index (κ3) is 2.05. The first kappa shape index (κ1) is 10.3. The summed E-state index contributed by atoms with van der Waals surface area (Å²) in [4.78, 5) is 18.2. The number of pyridine rings is 1. The van der Waals surface area contributed by atoms with Gasteiger partial charge in [0.25, 0.3) is 0 Å². The van der Waals surface area contributed by atoms with Crippen molar-refractivity contribution in [3.05, 3.63) is 48.2 Å². The van der Waals surface area contributed by atoms with Crippen molar-refractivity contribution >= 4 is 11.8 Å². The molecule has 0 N–H and O–H groups in total. The third-order valence-corrected chi connectivity index (χ3v) is 2.24. The van der Waals surface area contributed by atoms with Crippen LogP contribution in [0, 0.1) is 6.92 Å². The Morgan fingerprint density at radius 3 is 2.88 bits per heavy atom. The molecule has 0 atom stereocenters. The van der Waals surface area contributed by atoms with Gasteiger partial charge in [-0.25, -0.2) is 4.79 Å². The number of benzene rings is 1. The van der Waals surface area contributed by atoms with Gasteiger partial charge >= 0.3 is 0 Å². The molecule has 2 rings (SSSR count). The van der Waals surface area contributed by atoms with Gasteiger partial charge in [0.2, 0.25) is 6.08 Å². The lowest BCUT2D eigenvalue weighted by atomic mass is 10.1. The van der Waals surface area contributed by atoms with Crippen molar-refractivity contribution in [1.82, 2.24) is 4.98 Å². The van der Waals surface area contributed by atoms with Crippen LogP contribution >= 0.6 is 0 Å². The second-order valence-corrected chi connectivity index (χ2v) is 3.44. The zero-order valence-electron chi connectivity index (χ0n) is 8.84. The van der Waals surface area contributed by atoms with Gasteiger partial charge in [-0.2, -0.15) is 4.99 Å². The van der Waals surface area contributed by atoms with Gasteiger partial charge < -0.3 is 0 Å². The Labute approximate surface area is 93.5 Å². The maximum atomic E-state index is 10.3. The molecule has 1 aromatic heterocycles. The van der Waals surface area contributed by atoms with Crippen molar-refractivity contribution in [1.29, 1.82) is 0 Å². The second-order valence-electron chi connectivity index (χ2n) is 3.44. The summed E-state index contributed by atoms with van der Waals surface area (Å²) in [7, 11) is 0. The second kappa shape index (κ2) is 4.51. The van der Waals surface area contributed by atoms with Crippen molar-refractivity contribution in [3.63, 3.8) is 0 Å². The van der Waals surface area contributed by atoms with Crippen LogP contribution < -0.4 is 0 Å². The lowest BCUT2D eigenvalue weighted by molar-refractivity contribution is 0.565. The van der Waals surface area contributed by atoms with Crippen LogP contribution in [-0.4, -0.2) is 11.1 Å². The van der Waals surface area contributed by atoms with Gasteiger partial charge in [-0.1, -0.05) is 23.8 Å². The molecule has 0 aliphatic rings. The van der Waals surface area contributed by atoms with Crippen LogP contribution in [0.1, 0.15) is 5.56 Å². The Hall–Kier alpha value is -2.25. The van der Waals surface area contributed by atoms with Crippen molar-refractivity contribution < 1.29 is 4.79 Å². The number of aryl methyl sites for hydroxylation is 1. The van der Waals surface area contributed by atoms with Gasteiger partial charge in [0, 0.05) is 11.8 Å². The van der Waals surface area contributed by atoms with Gasteiger partial charge in [-0.15, -0.1) is 0 Å². The highest BCUT2D eigenvalue weighted by Gasteiger charge is 2.04. The zero-order chi connectivity index (χ0) is 11.4. The number of aliphatic imine (C=N–C) groups is 1. The average molecular weight is 210 g/mol. The number of hydrogen-bond donors (Lipinski definition) is 0. The van der Waals surface area contributed by atoms with Crippen LogP contribution in [0.25, 0.3) is 11.3 Å². The zero-order valence-corrected chi connectivity index (χ0v) is 8.84. The van der Waals surface area contributed by atoms with Gasteiger partial charge in [0.05, 0.1) is 5.69 Å². The fourth-order valence-corrected chi connectivity index (χ4v) is 1.55. The van der Waals surface area contributed by atoms with Crippen molar-refractivity contribution in [2.24, 2.45) is 4.99 Å². The van der Waals surface area contributed by atoms with Crippen LogP contribution in [0.5, 0.6) is 0 Å². The molecule has 2 aromatic rings. The van der Waals surface area contributed by atoms with Crippen LogP contribution in [-0.2, 0) is 4.79 Å². The fraction of sp³-hybridized carbons (Fsp3) is 0.0769. The van der Waals surface area contributed by atoms with E-state index in [9.17, 15) is 4.79 Å². The monoisotopic (exact) mass is 210 g/mol. The van der Waals surface area contributed by atoms with Gasteiger partial charge in [0.15, 0.2) is 0 Å². The summed E-state index contributed by atoms with van der Waals surface area (Å²) in [6.45, 7) is 2.01. The molecule has 1 aromatic carbocycles. The summed E-state index contributed by atoms with van der Waals surface area (Å²) < 4.78 is 0. The van der Waals surface area contributed by atoms with Crippen molar-refractivity contribution in [3.8, 4) is 11.3 Å². The Morgan fingerprint density at radius 2 is 2.12 bits per heavy atom.